The van der Waals surface area contributed by atoms with Gasteiger partial charge in [-0.15, -0.1) is 0 Å². The highest BCUT2D eigenvalue weighted by atomic mass is 19.2. The molecular weight excluding hydrogens is 479 g/mol. The monoisotopic (exact) mass is 505 g/mol. The quantitative estimate of drug-likeness (QED) is 0.356. The molecule has 3 aromatic rings. The van der Waals surface area contributed by atoms with Gasteiger partial charge >= 0.3 is 0 Å². The van der Waals surface area contributed by atoms with Crippen molar-refractivity contribution in [2.75, 3.05) is 6.54 Å². The lowest BCUT2D eigenvalue weighted by Gasteiger charge is -2.45. The fraction of sp³-hybridized carbons (Fsp3) is 0.429. The van der Waals surface area contributed by atoms with E-state index in [0.29, 0.717) is 23.4 Å². The molecule has 4 heterocycles. The molecule has 1 saturated heterocycles. The van der Waals surface area contributed by atoms with Gasteiger partial charge in [-0.3, -0.25) is 19.4 Å². The molecule has 0 amide bonds. The largest absolute Gasteiger partial charge is 0.293 e. The van der Waals surface area contributed by atoms with E-state index in [2.05, 4.69) is 16.0 Å². The second-order valence-corrected chi connectivity index (χ2v) is 10.5. The molecule has 6 rings (SSSR count). The van der Waals surface area contributed by atoms with E-state index in [1.165, 1.54) is 0 Å². The zero-order valence-electron chi connectivity index (χ0n) is 20.7. The van der Waals surface area contributed by atoms with Gasteiger partial charge in [0.15, 0.2) is 23.2 Å². The van der Waals surface area contributed by atoms with E-state index in [0.717, 1.165) is 61.2 Å². The summed E-state index contributed by atoms with van der Waals surface area (Å²) in [5.74, 6) is -3.98. The molecule has 0 N–H and O–H groups in total. The van der Waals surface area contributed by atoms with Gasteiger partial charge in [0, 0.05) is 35.5 Å². The Morgan fingerprint density at radius 1 is 1.19 bits per heavy atom. The number of benzene rings is 1. The molecule has 0 radical (unpaired) electrons. The van der Waals surface area contributed by atoms with Crippen LogP contribution in [0.1, 0.15) is 71.1 Å². The van der Waals surface area contributed by atoms with Crippen molar-refractivity contribution in [3.63, 3.8) is 0 Å². The second kappa shape index (κ2) is 8.52. The van der Waals surface area contributed by atoms with Crippen LogP contribution in [0, 0.1) is 35.7 Å². The van der Waals surface area contributed by atoms with Gasteiger partial charge in [0.25, 0.3) is 0 Å². The standard InChI is InChI=1S/C28H26F3N5O/c1-15-18(6-7-24(33-15)28(14-32)8-9-28)23(37)13-36-17-4-3-5-22(36)26-19(12-17)27(35(2)34-26)16-10-20(29)25(31)21(30)11-16/h6-7,10-11,17,22H,3-5,8-9,12-13H2,1-2H3. The number of aryl methyl sites for hydroxylation is 2. The maximum atomic E-state index is 14.0. The summed E-state index contributed by atoms with van der Waals surface area (Å²) >= 11 is 0. The van der Waals surface area contributed by atoms with Crippen molar-refractivity contribution in [3.8, 4) is 17.3 Å². The average Bonchev–Trinajstić information content (AvgIpc) is 3.60. The molecule has 2 atom stereocenters. The van der Waals surface area contributed by atoms with Crippen LogP contribution in [0.2, 0.25) is 0 Å². The Hall–Kier alpha value is -3.51. The van der Waals surface area contributed by atoms with Crippen molar-refractivity contribution >= 4 is 5.78 Å². The molecule has 2 bridgehead atoms. The Labute approximate surface area is 212 Å². The first-order chi connectivity index (χ1) is 17.7. The van der Waals surface area contributed by atoms with Crippen LogP contribution in [0.5, 0.6) is 0 Å². The maximum Gasteiger partial charge on any atom is 0.194 e. The SMILES string of the molecule is Cc1nc(C2(C#N)CC2)ccc1C(=O)CN1C2CCCC1c1nn(C)c(-c3cc(F)c(F)c(F)c3)c1C2. The van der Waals surface area contributed by atoms with Crippen molar-refractivity contribution in [3.05, 3.63) is 69.9 Å². The molecule has 1 aromatic carbocycles. The van der Waals surface area contributed by atoms with Crippen molar-refractivity contribution < 1.29 is 18.0 Å². The van der Waals surface area contributed by atoms with Gasteiger partial charge in [0.2, 0.25) is 0 Å². The maximum absolute atomic E-state index is 14.0. The molecule has 2 fully saturated rings. The molecule has 2 aliphatic heterocycles. The first kappa shape index (κ1) is 23.9. The minimum atomic E-state index is -1.49. The summed E-state index contributed by atoms with van der Waals surface area (Å²) in [6, 6.07) is 7.95. The summed E-state index contributed by atoms with van der Waals surface area (Å²) in [5, 5.41) is 14.2. The highest BCUT2D eigenvalue weighted by Crippen LogP contribution is 2.47. The van der Waals surface area contributed by atoms with Crippen molar-refractivity contribution in [1.82, 2.24) is 19.7 Å². The van der Waals surface area contributed by atoms with Crippen molar-refractivity contribution in [2.45, 2.75) is 62.9 Å². The fourth-order valence-corrected chi connectivity index (χ4v) is 6.16. The predicted octanol–water partition coefficient (Wildman–Crippen LogP) is 5.10. The number of fused-ring (bicyclic) bond motifs is 4. The third-order valence-corrected chi connectivity index (χ3v) is 8.24. The van der Waals surface area contributed by atoms with Crippen LogP contribution >= 0.6 is 0 Å². The van der Waals surface area contributed by atoms with Crippen LogP contribution < -0.4 is 0 Å². The Balaban J connectivity index is 1.30. The lowest BCUT2D eigenvalue weighted by Crippen LogP contribution is -2.48. The summed E-state index contributed by atoms with van der Waals surface area (Å²) < 4.78 is 43.3. The summed E-state index contributed by atoms with van der Waals surface area (Å²) in [7, 11) is 1.72. The first-order valence-electron chi connectivity index (χ1n) is 12.6. The minimum absolute atomic E-state index is 0.0301. The zero-order valence-corrected chi connectivity index (χ0v) is 20.7. The third-order valence-electron chi connectivity index (χ3n) is 8.24. The highest BCUT2D eigenvalue weighted by Gasteiger charge is 2.47. The highest BCUT2D eigenvalue weighted by molar-refractivity contribution is 5.98. The van der Waals surface area contributed by atoms with Crippen LogP contribution in [-0.2, 0) is 18.9 Å². The summed E-state index contributed by atoms with van der Waals surface area (Å²) in [5.41, 5.74) is 3.97. The predicted molar refractivity (Wildman–Crippen MR) is 129 cm³/mol. The number of carbonyl (C=O) groups is 1. The number of halogens is 3. The number of nitriles is 1. The molecule has 9 heteroatoms. The number of ketones is 1. The Morgan fingerprint density at radius 2 is 1.92 bits per heavy atom. The molecule has 2 aromatic heterocycles. The van der Waals surface area contributed by atoms with Crippen molar-refractivity contribution in [2.24, 2.45) is 7.05 Å². The average molecular weight is 506 g/mol. The minimum Gasteiger partial charge on any atom is -0.293 e. The first-order valence-corrected chi connectivity index (χ1v) is 12.6. The van der Waals surface area contributed by atoms with E-state index in [-0.39, 0.29) is 30.0 Å². The lowest BCUT2D eigenvalue weighted by atomic mass is 9.81. The molecule has 1 saturated carbocycles. The summed E-state index contributed by atoms with van der Waals surface area (Å²) in [6.45, 7) is 2.02. The van der Waals surface area contributed by atoms with E-state index >= 15 is 0 Å². The van der Waals surface area contributed by atoms with E-state index in [1.807, 2.05) is 6.92 Å². The van der Waals surface area contributed by atoms with Gasteiger partial charge in [-0.25, -0.2) is 13.2 Å². The fourth-order valence-electron chi connectivity index (χ4n) is 6.16. The van der Waals surface area contributed by atoms with Crippen molar-refractivity contribution in [1.29, 1.82) is 5.26 Å². The van der Waals surface area contributed by atoms with Gasteiger partial charge in [0.1, 0.15) is 0 Å². The molecule has 190 valence electrons. The number of aromatic nitrogens is 3. The number of piperidine rings is 1. The molecule has 3 aliphatic rings. The molecular formula is C28H26F3N5O. The van der Waals surface area contributed by atoms with Crippen LogP contribution in [0.4, 0.5) is 13.2 Å². The Kier molecular flexibility index (Phi) is 5.50. The van der Waals surface area contributed by atoms with Crippen LogP contribution in [-0.4, -0.2) is 38.0 Å². The van der Waals surface area contributed by atoms with Gasteiger partial charge in [-0.2, -0.15) is 10.4 Å². The number of hydrogen-bond acceptors (Lipinski definition) is 5. The summed E-state index contributed by atoms with van der Waals surface area (Å²) in [6.07, 6.45) is 4.89. The Bertz CT molecular complexity index is 1460. The van der Waals surface area contributed by atoms with Crippen LogP contribution in [0.25, 0.3) is 11.3 Å². The molecule has 0 spiro atoms. The van der Waals surface area contributed by atoms with E-state index in [1.54, 1.807) is 23.9 Å². The molecule has 1 aliphatic carbocycles. The van der Waals surface area contributed by atoms with Crippen LogP contribution in [0.3, 0.4) is 0 Å². The second-order valence-electron chi connectivity index (χ2n) is 10.5. The van der Waals surface area contributed by atoms with E-state index < -0.39 is 22.9 Å². The number of nitrogens with zero attached hydrogens (tertiary/aromatic N) is 5. The third kappa shape index (κ3) is 3.77. The van der Waals surface area contributed by atoms with E-state index in [9.17, 15) is 23.2 Å². The lowest BCUT2D eigenvalue weighted by molar-refractivity contribution is 0.0561. The van der Waals surface area contributed by atoms with Gasteiger partial charge < -0.3 is 0 Å². The molecule has 37 heavy (non-hydrogen) atoms. The molecule has 6 nitrogen and oxygen atoms in total. The summed E-state index contributed by atoms with van der Waals surface area (Å²) in [4.78, 5) is 20.2. The number of carbonyl (C=O) groups excluding carboxylic acids is 1. The van der Waals surface area contributed by atoms with Gasteiger partial charge in [-0.05, 0) is 69.7 Å². The Morgan fingerprint density at radius 3 is 2.57 bits per heavy atom. The van der Waals surface area contributed by atoms with Gasteiger partial charge in [-0.1, -0.05) is 0 Å². The number of Topliss-reactive ketones (excluding diaryl/α,β-unsaturated/α-hetero) is 1. The normalized spacial score (nSPS) is 21.8. The number of pyridine rings is 1. The number of rotatable bonds is 5. The van der Waals surface area contributed by atoms with E-state index in [4.69, 9.17) is 5.10 Å². The topological polar surface area (TPSA) is 74.8 Å². The smallest absolute Gasteiger partial charge is 0.194 e. The van der Waals surface area contributed by atoms with Crippen LogP contribution in [0.15, 0.2) is 24.3 Å². The van der Waals surface area contributed by atoms with Gasteiger partial charge in [0.05, 0.1) is 41.2 Å². The molecule has 2 unspecified atom stereocenters. The number of hydrogen-bond donors (Lipinski definition) is 0. The zero-order chi connectivity index (χ0) is 26.1.